The predicted octanol–water partition coefficient (Wildman–Crippen LogP) is 3.02. The number of rotatable bonds is 6. The van der Waals surface area contributed by atoms with Gasteiger partial charge in [-0.25, -0.2) is 9.37 Å². The lowest BCUT2D eigenvalue weighted by Gasteiger charge is -2.36. The van der Waals surface area contributed by atoms with Crippen molar-refractivity contribution in [3.63, 3.8) is 0 Å². The summed E-state index contributed by atoms with van der Waals surface area (Å²) >= 11 is 0. The van der Waals surface area contributed by atoms with E-state index in [1.165, 1.54) is 17.7 Å². The summed E-state index contributed by atoms with van der Waals surface area (Å²) in [5, 5.41) is 0. The molecule has 7 heteroatoms. The summed E-state index contributed by atoms with van der Waals surface area (Å²) in [5.41, 5.74) is 2.31. The molecule has 0 N–H and O–H groups in total. The molecule has 4 rings (SSSR count). The highest BCUT2D eigenvalue weighted by molar-refractivity contribution is 5.49. The van der Waals surface area contributed by atoms with E-state index in [2.05, 4.69) is 31.7 Å². The molecule has 1 fully saturated rings. The number of likely N-dealkylation sites (N-methyl/N-ethyl adjacent to an activating group) is 1. The van der Waals surface area contributed by atoms with Gasteiger partial charge >= 0.3 is 0 Å². The quantitative estimate of drug-likeness (QED) is 0.643. The monoisotopic (exact) mass is 392 g/mol. The van der Waals surface area contributed by atoms with Crippen molar-refractivity contribution in [1.29, 1.82) is 0 Å². The van der Waals surface area contributed by atoms with Gasteiger partial charge in [0.1, 0.15) is 11.6 Å². The standard InChI is InChI=1S/C22H25FN6/c1-27(13-9-18-6-10-24-11-7-18)21-8-12-25-22(26-21)29-16-14-28(15-17-29)20-4-2-19(23)3-5-20/h2-8,10-12H,9,13-17H2,1H3. The Kier molecular flexibility index (Phi) is 5.84. The van der Waals surface area contributed by atoms with Crippen LogP contribution in [0, 0.1) is 5.82 Å². The summed E-state index contributed by atoms with van der Waals surface area (Å²) in [6.07, 6.45) is 6.41. The van der Waals surface area contributed by atoms with Crippen molar-refractivity contribution in [2.45, 2.75) is 6.42 Å². The number of aromatic nitrogens is 3. The lowest BCUT2D eigenvalue weighted by atomic mass is 10.2. The van der Waals surface area contributed by atoms with Crippen molar-refractivity contribution < 1.29 is 4.39 Å². The first kappa shape index (κ1) is 19.1. The van der Waals surface area contributed by atoms with Crippen LogP contribution in [-0.2, 0) is 6.42 Å². The topological polar surface area (TPSA) is 48.4 Å². The highest BCUT2D eigenvalue weighted by atomic mass is 19.1. The Morgan fingerprint density at radius 2 is 1.59 bits per heavy atom. The van der Waals surface area contributed by atoms with E-state index in [0.29, 0.717) is 0 Å². The Bertz CT molecular complexity index is 910. The minimum Gasteiger partial charge on any atom is -0.368 e. The Hall–Kier alpha value is -3.22. The summed E-state index contributed by atoms with van der Waals surface area (Å²) in [6.45, 7) is 4.26. The van der Waals surface area contributed by atoms with Crippen molar-refractivity contribution in [1.82, 2.24) is 15.0 Å². The van der Waals surface area contributed by atoms with Crippen LogP contribution >= 0.6 is 0 Å². The van der Waals surface area contributed by atoms with E-state index in [9.17, 15) is 4.39 Å². The highest BCUT2D eigenvalue weighted by Crippen LogP contribution is 2.20. The van der Waals surface area contributed by atoms with Gasteiger partial charge in [-0.2, -0.15) is 4.98 Å². The molecule has 6 nitrogen and oxygen atoms in total. The van der Waals surface area contributed by atoms with Gasteiger partial charge in [0.15, 0.2) is 0 Å². The third-order valence-corrected chi connectivity index (χ3v) is 5.26. The molecule has 1 aromatic carbocycles. The maximum atomic E-state index is 13.1. The van der Waals surface area contributed by atoms with Crippen molar-refractivity contribution in [3.8, 4) is 0 Å². The second-order valence-corrected chi connectivity index (χ2v) is 7.19. The molecule has 1 saturated heterocycles. The van der Waals surface area contributed by atoms with Crippen molar-refractivity contribution in [2.75, 3.05) is 54.5 Å². The summed E-state index contributed by atoms with van der Waals surface area (Å²) in [7, 11) is 2.06. The molecule has 150 valence electrons. The first-order chi connectivity index (χ1) is 14.2. The number of anilines is 3. The van der Waals surface area contributed by atoms with Gasteiger partial charge in [-0.05, 0) is 54.4 Å². The van der Waals surface area contributed by atoms with Gasteiger partial charge in [0.25, 0.3) is 0 Å². The fraction of sp³-hybridized carbons (Fsp3) is 0.318. The molecule has 3 heterocycles. The minimum atomic E-state index is -0.203. The fourth-order valence-electron chi connectivity index (χ4n) is 3.48. The van der Waals surface area contributed by atoms with Crippen molar-refractivity contribution in [2.24, 2.45) is 0 Å². The third kappa shape index (κ3) is 4.80. The van der Waals surface area contributed by atoms with E-state index >= 15 is 0 Å². The molecule has 0 atom stereocenters. The van der Waals surface area contributed by atoms with E-state index < -0.39 is 0 Å². The molecule has 3 aromatic rings. The smallest absolute Gasteiger partial charge is 0.227 e. The molecule has 0 aliphatic carbocycles. The average Bonchev–Trinajstić information content (AvgIpc) is 2.79. The summed E-state index contributed by atoms with van der Waals surface area (Å²) in [5.74, 6) is 1.48. The Morgan fingerprint density at radius 1 is 0.897 bits per heavy atom. The zero-order valence-electron chi connectivity index (χ0n) is 16.6. The summed E-state index contributed by atoms with van der Waals surface area (Å²) in [4.78, 5) is 20.0. The van der Waals surface area contributed by atoms with Crippen LogP contribution in [0.25, 0.3) is 0 Å². The summed E-state index contributed by atoms with van der Waals surface area (Å²) < 4.78 is 13.1. The molecule has 1 aliphatic rings. The lowest BCUT2D eigenvalue weighted by molar-refractivity contribution is 0.623. The molecule has 1 aliphatic heterocycles. The maximum Gasteiger partial charge on any atom is 0.227 e. The van der Waals surface area contributed by atoms with Crippen LogP contribution in [0.1, 0.15) is 5.56 Å². The number of hydrogen-bond acceptors (Lipinski definition) is 6. The van der Waals surface area contributed by atoms with E-state index in [0.717, 1.165) is 56.6 Å². The second kappa shape index (κ2) is 8.86. The van der Waals surface area contributed by atoms with Crippen LogP contribution in [0.15, 0.2) is 61.1 Å². The second-order valence-electron chi connectivity index (χ2n) is 7.19. The first-order valence-electron chi connectivity index (χ1n) is 9.87. The first-order valence-corrected chi connectivity index (χ1v) is 9.87. The molecule has 0 bridgehead atoms. The van der Waals surface area contributed by atoms with Gasteiger partial charge in [0.05, 0.1) is 0 Å². The maximum absolute atomic E-state index is 13.1. The molecule has 29 heavy (non-hydrogen) atoms. The normalized spacial score (nSPS) is 14.1. The van der Waals surface area contributed by atoms with Crippen LogP contribution in [0.2, 0.25) is 0 Å². The molecule has 2 aromatic heterocycles. The number of halogens is 1. The van der Waals surface area contributed by atoms with Crippen LogP contribution in [0.3, 0.4) is 0 Å². The molecule has 0 radical (unpaired) electrons. The SMILES string of the molecule is CN(CCc1ccncc1)c1ccnc(N2CCN(c3ccc(F)cc3)CC2)n1. The Labute approximate surface area is 170 Å². The molecule has 0 unspecified atom stereocenters. The minimum absolute atomic E-state index is 0.203. The number of piperazine rings is 1. The molecule has 0 saturated carbocycles. The number of hydrogen-bond donors (Lipinski definition) is 0. The van der Waals surface area contributed by atoms with Gasteiger partial charge in [-0.3, -0.25) is 4.98 Å². The van der Waals surface area contributed by atoms with Gasteiger partial charge in [-0.15, -0.1) is 0 Å². The van der Waals surface area contributed by atoms with Crippen LogP contribution < -0.4 is 14.7 Å². The van der Waals surface area contributed by atoms with E-state index in [1.807, 2.05) is 48.9 Å². The molecule has 0 spiro atoms. The van der Waals surface area contributed by atoms with E-state index in [4.69, 9.17) is 4.98 Å². The Morgan fingerprint density at radius 3 is 2.31 bits per heavy atom. The van der Waals surface area contributed by atoms with E-state index in [1.54, 1.807) is 0 Å². The van der Waals surface area contributed by atoms with Crippen LogP contribution in [0.5, 0.6) is 0 Å². The predicted molar refractivity (Wildman–Crippen MR) is 114 cm³/mol. The van der Waals surface area contributed by atoms with Crippen molar-refractivity contribution in [3.05, 3.63) is 72.4 Å². The van der Waals surface area contributed by atoms with Crippen LogP contribution in [-0.4, -0.2) is 54.7 Å². The third-order valence-electron chi connectivity index (χ3n) is 5.26. The van der Waals surface area contributed by atoms with Gasteiger partial charge in [0.2, 0.25) is 5.95 Å². The highest BCUT2D eigenvalue weighted by Gasteiger charge is 2.20. The largest absolute Gasteiger partial charge is 0.368 e. The zero-order valence-corrected chi connectivity index (χ0v) is 16.6. The number of benzene rings is 1. The number of pyridine rings is 1. The van der Waals surface area contributed by atoms with Gasteiger partial charge < -0.3 is 14.7 Å². The van der Waals surface area contributed by atoms with Gasteiger partial charge in [0, 0.05) is 64.0 Å². The zero-order chi connectivity index (χ0) is 20.1. The average molecular weight is 392 g/mol. The fourth-order valence-corrected chi connectivity index (χ4v) is 3.48. The lowest BCUT2D eigenvalue weighted by Crippen LogP contribution is -2.47. The van der Waals surface area contributed by atoms with Crippen LogP contribution in [0.4, 0.5) is 21.8 Å². The summed E-state index contributed by atoms with van der Waals surface area (Å²) in [6, 6.07) is 12.7. The van der Waals surface area contributed by atoms with Gasteiger partial charge in [-0.1, -0.05) is 0 Å². The Balaban J connectivity index is 1.35. The van der Waals surface area contributed by atoms with E-state index in [-0.39, 0.29) is 5.82 Å². The molecule has 0 amide bonds. The number of nitrogens with zero attached hydrogens (tertiary/aromatic N) is 6. The molecular weight excluding hydrogens is 367 g/mol. The van der Waals surface area contributed by atoms with Crippen molar-refractivity contribution >= 4 is 17.5 Å². The molecular formula is C22H25FN6.